The predicted octanol–water partition coefficient (Wildman–Crippen LogP) is 3.63. The summed E-state index contributed by atoms with van der Waals surface area (Å²) in [6, 6.07) is 5.94. The van der Waals surface area contributed by atoms with Gasteiger partial charge in [0.05, 0.1) is 23.5 Å². The molecule has 0 aliphatic rings. The van der Waals surface area contributed by atoms with Gasteiger partial charge < -0.3 is 9.84 Å². The van der Waals surface area contributed by atoms with Crippen LogP contribution >= 0.6 is 15.9 Å². The first-order valence-electron chi connectivity index (χ1n) is 6.51. The van der Waals surface area contributed by atoms with Gasteiger partial charge in [-0.05, 0) is 48.8 Å². The van der Waals surface area contributed by atoms with E-state index in [9.17, 15) is 5.11 Å². The number of aromatic nitrogens is 2. The van der Waals surface area contributed by atoms with E-state index >= 15 is 0 Å². The van der Waals surface area contributed by atoms with Crippen LogP contribution in [0.4, 0.5) is 0 Å². The maximum atomic E-state index is 10.8. The lowest BCUT2D eigenvalue weighted by Gasteiger charge is -2.19. The van der Waals surface area contributed by atoms with Crippen LogP contribution in [0.5, 0.6) is 5.75 Å². The number of hydrogen-bond acceptors (Lipinski definition) is 3. The van der Waals surface area contributed by atoms with Crippen LogP contribution in [0.3, 0.4) is 0 Å². The lowest BCUT2D eigenvalue weighted by Crippen LogP contribution is -2.13. The van der Waals surface area contributed by atoms with Gasteiger partial charge >= 0.3 is 0 Å². The average Bonchev–Trinajstić information content (AvgIpc) is 2.80. The van der Waals surface area contributed by atoms with Gasteiger partial charge in [0.1, 0.15) is 11.9 Å². The number of halogens is 1. The molecule has 1 aromatic carbocycles. The number of benzene rings is 1. The van der Waals surface area contributed by atoms with Crippen LogP contribution in [0.15, 0.2) is 28.9 Å². The fourth-order valence-electron chi connectivity index (χ4n) is 2.23. The number of ether oxygens (including phenoxy) is 1. The van der Waals surface area contributed by atoms with Crippen LogP contribution in [-0.2, 0) is 0 Å². The Hall–Kier alpha value is -1.33. The third kappa shape index (κ3) is 2.74. The number of nitrogens with zero attached hydrogens (tertiary/aromatic N) is 2. The zero-order chi connectivity index (χ0) is 14.9. The zero-order valence-electron chi connectivity index (χ0n) is 12.1. The van der Waals surface area contributed by atoms with Gasteiger partial charge in [-0.2, -0.15) is 5.10 Å². The lowest BCUT2D eigenvalue weighted by atomic mass is 10.0. The van der Waals surface area contributed by atoms with Crippen molar-refractivity contribution in [1.29, 1.82) is 0 Å². The highest BCUT2D eigenvalue weighted by molar-refractivity contribution is 9.10. The number of aryl methyl sites for hydroxylation is 1. The van der Waals surface area contributed by atoms with Gasteiger partial charge in [0.15, 0.2) is 0 Å². The first kappa shape index (κ1) is 15.1. The highest BCUT2D eigenvalue weighted by Crippen LogP contribution is 2.35. The fraction of sp³-hybridized carbons (Fsp3) is 0.400. The molecule has 1 heterocycles. The first-order valence-corrected chi connectivity index (χ1v) is 7.30. The quantitative estimate of drug-likeness (QED) is 0.925. The van der Waals surface area contributed by atoms with Crippen molar-refractivity contribution < 1.29 is 9.84 Å². The van der Waals surface area contributed by atoms with E-state index in [0.29, 0.717) is 5.75 Å². The van der Waals surface area contributed by atoms with Gasteiger partial charge in [0, 0.05) is 11.6 Å². The Morgan fingerprint density at radius 1 is 1.35 bits per heavy atom. The monoisotopic (exact) mass is 338 g/mol. The van der Waals surface area contributed by atoms with Gasteiger partial charge in [0.25, 0.3) is 0 Å². The minimum atomic E-state index is -0.788. The minimum absolute atomic E-state index is 0.168. The van der Waals surface area contributed by atoms with Crippen molar-refractivity contribution in [3.63, 3.8) is 0 Å². The van der Waals surface area contributed by atoms with Crippen molar-refractivity contribution in [3.05, 3.63) is 45.7 Å². The van der Waals surface area contributed by atoms with E-state index < -0.39 is 6.10 Å². The topological polar surface area (TPSA) is 47.3 Å². The van der Waals surface area contributed by atoms with Crippen molar-refractivity contribution in [3.8, 4) is 5.75 Å². The molecule has 2 rings (SSSR count). The Bertz CT molecular complexity index is 608. The molecule has 0 amide bonds. The number of aliphatic hydroxyl groups is 1. The van der Waals surface area contributed by atoms with Gasteiger partial charge in [0.2, 0.25) is 0 Å². The summed E-state index contributed by atoms with van der Waals surface area (Å²) in [5.74, 6) is 0.673. The summed E-state index contributed by atoms with van der Waals surface area (Å²) in [5, 5.41) is 15.1. The summed E-state index contributed by atoms with van der Waals surface area (Å²) in [6.07, 6.45) is 0.921. The molecular weight excluding hydrogens is 320 g/mol. The van der Waals surface area contributed by atoms with Crippen molar-refractivity contribution in [2.45, 2.75) is 32.9 Å². The molecule has 1 aromatic heterocycles. The predicted molar refractivity (Wildman–Crippen MR) is 82.1 cm³/mol. The van der Waals surface area contributed by atoms with Gasteiger partial charge in [-0.25, -0.2) is 0 Å². The molecule has 108 valence electrons. The second-order valence-electron chi connectivity index (χ2n) is 5.06. The molecule has 0 radical (unpaired) electrons. The normalized spacial score (nSPS) is 12.8. The van der Waals surface area contributed by atoms with E-state index in [1.165, 1.54) is 0 Å². The fourth-order valence-corrected chi connectivity index (χ4v) is 2.72. The molecular formula is C15H19BrN2O2. The van der Waals surface area contributed by atoms with Crippen LogP contribution < -0.4 is 4.74 Å². The SMILES string of the molecule is COc1ccc(C)cc1C(O)c1c(Br)cnn1C(C)C. The lowest BCUT2D eigenvalue weighted by molar-refractivity contribution is 0.199. The molecule has 1 N–H and O–H groups in total. The van der Waals surface area contributed by atoms with Crippen LogP contribution in [0.1, 0.15) is 42.8 Å². The summed E-state index contributed by atoms with van der Waals surface area (Å²) in [6.45, 7) is 6.05. The van der Waals surface area contributed by atoms with Crippen LogP contribution in [0.25, 0.3) is 0 Å². The molecule has 0 aliphatic carbocycles. The highest BCUT2D eigenvalue weighted by atomic mass is 79.9. The van der Waals surface area contributed by atoms with Crippen molar-refractivity contribution >= 4 is 15.9 Å². The highest BCUT2D eigenvalue weighted by Gasteiger charge is 2.23. The molecule has 0 aliphatic heterocycles. The molecule has 20 heavy (non-hydrogen) atoms. The Morgan fingerprint density at radius 2 is 2.05 bits per heavy atom. The number of rotatable bonds is 4. The van der Waals surface area contributed by atoms with Crippen LogP contribution in [0.2, 0.25) is 0 Å². The first-order chi connectivity index (χ1) is 9.45. The number of aliphatic hydroxyl groups excluding tert-OH is 1. The van der Waals surface area contributed by atoms with E-state index in [-0.39, 0.29) is 6.04 Å². The van der Waals surface area contributed by atoms with Gasteiger partial charge in [-0.1, -0.05) is 11.6 Å². The van der Waals surface area contributed by atoms with Crippen molar-refractivity contribution in [2.24, 2.45) is 0 Å². The van der Waals surface area contributed by atoms with Crippen molar-refractivity contribution in [1.82, 2.24) is 9.78 Å². The third-order valence-electron chi connectivity index (χ3n) is 3.21. The van der Waals surface area contributed by atoms with Gasteiger partial charge in [-0.3, -0.25) is 4.68 Å². The summed E-state index contributed by atoms with van der Waals surface area (Å²) in [5.41, 5.74) is 2.56. The minimum Gasteiger partial charge on any atom is -0.496 e. The largest absolute Gasteiger partial charge is 0.496 e. The second-order valence-corrected chi connectivity index (χ2v) is 5.92. The second kappa shape index (κ2) is 5.97. The van der Waals surface area contributed by atoms with Crippen LogP contribution in [-0.4, -0.2) is 22.0 Å². The molecule has 1 unspecified atom stereocenters. The molecule has 5 heteroatoms. The standard InChI is InChI=1S/C15H19BrN2O2/c1-9(2)18-14(12(16)8-17-18)15(19)11-7-10(3)5-6-13(11)20-4/h5-9,15,19H,1-4H3. The summed E-state index contributed by atoms with van der Waals surface area (Å²) < 4.78 is 7.96. The Labute approximate surface area is 127 Å². The Balaban J connectivity index is 2.54. The molecule has 0 saturated heterocycles. The van der Waals surface area contributed by atoms with E-state index in [0.717, 1.165) is 21.3 Å². The number of methoxy groups -OCH3 is 1. The Morgan fingerprint density at radius 3 is 2.65 bits per heavy atom. The summed E-state index contributed by atoms with van der Waals surface area (Å²) in [4.78, 5) is 0. The van der Waals surface area contributed by atoms with E-state index in [2.05, 4.69) is 21.0 Å². The van der Waals surface area contributed by atoms with Crippen molar-refractivity contribution in [2.75, 3.05) is 7.11 Å². The summed E-state index contributed by atoms with van der Waals surface area (Å²) in [7, 11) is 1.61. The molecule has 4 nitrogen and oxygen atoms in total. The molecule has 1 atom stereocenters. The molecule has 0 spiro atoms. The zero-order valence-corrected chi connectivity index (χ0v) is 13.7. The van der Waals surface area contributed by atoms with Crippen LogP contribution in [0, 0.1) is 6.92 Å². The average molecular weight is 339 g/mol. The third-order valence-corrected chi connectivity index (χ3v) is 3.83. The maximum Gasteiger partial charge on any atom is 0.125 e. The van der Waals surface area contributed by atoms with E-state index in [4.69, 9.17) is 4.74 Å². The van der Waals surface area contributed by atoms with E-state index in [1.54, 1.807) is 13.3 Å². The van der Waals surface area contributed by atoms with E-state index in [1.807, 2.05) is 43.7 Å². The maximum absolute atomic E-state index is 10.8. The molecule has 0 bridgehead atoms. The number of hydrogen-bond donors (Lipinski definition) is 1. The Kier molecular flexibility index (Phi) is 4.50. The summed E-state index contributed by atoms with van der Waals surface area (Å²) >= 11 is 3.46. The molecule has 0 saturated carbocycles. The smallest absolute Gasteiger partial charge is 0.125 e. The van der Waals surface area contributed by atoms with Gasteiger partial charge in [-0.15, -0.1) is 0 Å². The molecule has 2 aromatic rings. The molecule has 0 fully saturated rings.